The van der Waals surface area contributed by atoms with Crippen LogP contribution in [0.2, 0.25) is 0 Å². The van der Waals surface area contributed by atoms with E-state index < -0.39 is 5.97 Å². The minimum Gasteiger partial charge on any atom is -0.481 e. The zero-order valence-corrected chi connectivity index (χ0v) is 46.0. The summed E-state index contributed by atoms with van der Waals surface area (Å²) >= 11 is 0. The Morgan fingerprint density at radius 1 is 0.409 bits per heavy atom. The fourth-order valence-corrected chi connectivity index (χ4v) is 9.84. The molecule has 0 saturated carbocycles. The maximum absolute atomic E-state index is 14.6. The molecule has 0 aromatic rings. The Labute approximate surface area is 408 Å². The number of amides is 3. The number of aliphatic carboxylic acids is 1. The van der Waals surface area contributed by atoms with E-state index in [4.69, 9.17) is 5.11 Å². The Bertz CT molecular complexity index is 1270. The molecule has 0 rings (SSSR count). The average molecular weight is 939 g/mol. The molecule has 0 bridgehead atoms. The number of nitrogens with zero attached hydrogens (tertiary/aromatic N) is 3. The molecule has 0 aliphatic carbocycles. The lowest BCUT2D eigenvalue weighted by Gasteiger charge is -2.32. The molecular formula is C55H113N6O5+3. The van der Waals surface area contributed by atoms with E-state index in [-0.39, 0.29) is 53.7 Å². The van der Waals surface area contributed by atoms with Crippen LogP contribution in [0.3, 0.4) is 0 Å². The molecule has 390 valence electrons. The van der Waals surface area contributed by atoms with Gasteiger partial charge in [0.25, 0.3) is 0 Å². The Morgan fingerprint density at radius 3 is 1.17 bits per heavy atom. The van der Waals surface area contributed by atoms with Crippen LogP contribution in [0, 0.1) is 35.5 Å². The molecule has 11 heteroatoms. The van der Waals surface area contributed by atoms with Gasteiger partial charge in [-0.3, -0.25) is 19.2 Å². The smallest absolute Gasteiger partial charge is 0.309 e. The van der Waals surface area contributed by atoms with Crippen molar-refractivity contribution in [1.82, 2.24) is 16.0 Å². The van der Waals surface area contributed by atoms with Crippen LogP contribution < -0.4 is 16.0 Å². The van der Waals surface area contributed by atoms with Gasteiger partial charge in [-0.1, -0.05) is 106 Å². The van der Waals surface area contributed by atoms with E-state index in [1.54, 1.807) is 0 Å². The molecule has 0 heterocycles. The number of unbranched alkanes of at least 4 members (excludes halogenated alkanes) is 5. The number of hydrogen-bond acceptors (Lipinski definition) is 4. The van der Waals surface area contributed by atoms with E-state index in [0.29, 0.717) is 36.6 Å². The van der Waals surface area contributed by atoms with E-state index in [2.05, 4.69) is 85.7 Å². The lowest BCUT2D eigenvalue weighted by atomic mass is 9.74. The quantitative estimate of drug-likeness (QED) is 0.0358. The molecule has 11 nitrogen and oxygen atoms in total. The number of carboxylic acids is 1. The second-order valence-electron chi connectivity index (χ2n) is 22.8. The third kappa shape index (κ3) is 31.7. The summed E-state index contributed by atoms with van der Waals surface area (Å²) in [5.41, 5.74) is 0. The molecule has 6 unspecified atom stereocenters. The summed E-state index contributed by atoms with van der Waals surface area (Å²) in [5.74, 6) is 0.199. The average Bonchev–Trinajstić information content (AvgIpc) is 3.27. The first-order valence-corrected chi connectivity index (χ1v) is 27.7. The number of quaternary nitrogens is 3. The summed E-state index contributed by atoms with van der Waals surface area (Å²) in [7, 11) is 13.3. The molecular weight excluding hydrogens is 825 g/mol. The molecule has 0 saturated heterocycles. The molecule has 0 aromatic carbocycles. The van der Waals surface area contributed by atoms with Crippen molar-refractivity contribution < 1.29 is 37.7 Å². The van der Waals surface area contributed by atoms with Crippen LogP contribution in [0.4, 0.5) is 0 Å². The maximum Gasteiger partial charge on any atom is 0.309 e. The van der Waals surface area contributed by atoms with Gasteiger partial charge in [-0.05, 0) is 82.0 Å². The van der Waals surface area contributed by atoms with E-state index in [1.807, 2.05) is 21.0 Å². The van der Waals surface area contributed by atoms with Crippen LogP contribution in [0.25, 0.3) is 0 Å². The van der Waals surface area contributed by atoms with E-state index in [1.165, 1.54) is 44.9 Å². The molecule has 0 fully saturated rings. The van der Waals surface area contributed by atoms with Gasteiger partial charge >= 0.3 is 5.97 Å². The largest absolute Gasteiger partial charge is 0.481 e. The lowest BCUT2D eigenvalue weighted by Crippen LogP contribution is -2.43. The van der Waals surface area contributed by atoms with E-state index in [0.717, 1.165) is 138 Å². The highest BCUT2D eigenvalue weighted by Gasteiger charge is 2.34. The minimum absolute atomic E-state index is 0.0509. The third-order valence-corrected chi connectivity index (χ3v) is 14.8. The lowest BCUT2D eigenvalue weighted by molar-refractivity contribution is -0.890. The van der Waals surface area contributed by atoms with Crippen LogP contribution in [-0.4, -0.2) is 143 Å². The van der Waals surface area contributed by atoms with Gasteiger partial charge < -0.3 is 34.5 Å². The van der Waals surface area contributed by atoms with Crippen molar-refractivity contribution in [2.45, 2.75) is 196 Å². The van der Waals surface area contributed by atoms with Crippen molar-refractivity contribution in [3.63, 3.8) is 0 Å². The zero-order valence-electron chi connectivity index (χ0n) is 46.0. The SMILES string of the molecule is CCCCC(C)CCC(C(=O)NCCC[N+](C)(C)CCCC)C(CCCC)CCC(C(=O)NCCC[N+](C)(C)CCCC)C(CCCC)CCC(C)C(=O)NCCC[N+](C)(C)CCC(=O)O. The van der Waals surface area contributed by atoms with Gasteiger partial charge in [0.05, 0.1) is 88.0 Å². The molecule has 66 heavy (non-hydrogen) atoms. The molecule has 0 aromatic heterocycles. The van der Waals surface area contributed by atoms with Crippen molar-refractivity contribution >= 4 is 23.7 Å². The van der Waals surface area contributed by atoms with E-state index in [9.17, 15) is 19.2 Å². The first kappa shape index (κ1) is 63.8. The monoisotopic (exact) mass is 938 g/mol. The summed E-state index contributed by atoms with van der Waals surface area (Å²) in [6.45, 7) is 23.3. The minimum atomic E-state index is -0.782. The molecule has 3 amide bonds. The number of hydrogen-bond donors (Lipinski definition) is 4. The zero-order chi connectivity index (χ0) is 50.0. The summed E-state index contributed by atoms with van der Waals surface area (Å²) in [4.78, 5) is 53.6. The Kier molecular flexibility index (Phi) is 35.5. The number of nitrogens with one attached hydrogen (secondary N) is 3. The standard InChI is InChI=1S/C55H110N6O5/c1-14-19-27-46(6)30-34-50(54(65)57-38-25-42-59(8,9)40-22-17-4)49(29-21-16-3)33-35-51(55(66)58-39-26-43-60(10,11)41-23-18-5)48(28-20-15-2)32-31-47(7)53(64)56-37-24-44-61(12,13)45-36-52(62)63/h46-51H,14-45H2,1-13H3,(H-3,56,57,58,62,63,64,65,66)/p+3. The molecule has 4 N–H and O–H groups in total. The molecule has 0 radical (unpaired) electrons. The van der Waals surface area contributed by atoms with Crippen LogP contribution in [0.1, 0.15) is 196 Å². The number of carbonyl (C=O) groups excluding carboxylic acids is 3. The van der Waals surface area contributed by atoms with Gasteiger partial charge in [-0.15, -0.1) is 0 Å². The predicted octanol–water partition coefficient (Wildman–Crippen LogP) is 10.5. The Hall–Kier alpha value is -2.24. The topological polar surface area (TPSA) is 125 Å². The molecule has 0 aliphatic heterocycles. The Morgan fingerprint density at radius 2 is 0.758 bits per heavy atom. The predicted molar refractivity (Wildman–Crippen MR) is 279 cm³/mol. The number of carbonyl (C=O) groups is 4. The van der Waals surface area contributed by atoms with Gasteiger partial charge in [0.1, 0.15) is 0 Å². The summed E-state index contributed by atoms with van der Waals surface area (Å²) < 4.78 is 2.55. The van der Waals surface area contributed by atoms with Crippen molar-refractivity contribution in [1.29, 1.82) is 0 Å². The number of carboxylic acid groups (broad SMARTS) is 1. The highest BCUT2D eigenvalue weighted by molar-refractivity contribution is 5.80. The summed E-state index contributed by atoms with van der Waals surface area (Å²) in [6.07, 6.45) is 22.6. The van der Waals surface area contributed by atoms with Crippen molar-refractivity contribution in [3.05, 3.63) is 0 Å². The van der Waals surface area contributed by atoms with Crippen LogP contribution in [0.5, 0.6) is 0 Å². The highest BCUT2D eigenvalue weighted by atomic mass is 16.4. The normalized spacial score (nSPS) is 15.1. The van der Waals surface area contributed by atoms with Gasteiger partial charge in [0.15, 0.2) is 0 Å². The first-order valence-electron chi connectivity index (χ1n) is 27.7. The first-order chi connectivity index (χ1) is 31.2. The van der Waals surface area contributed by atoms with Crippen LogP contribution >= 0.6 is 0 Å². The highest BCUT2D eigenvalue weighted by Crippen LogP contribution is 2.35. The van der Waals surface area contributed by atoms with E-state index >= 15 is 0 Å². The van der Waals surface area contributed by atoms with Crippen molar-refractivity contribution in [2.24, 2.45) is 35.5 Å². The van der Waals surface area contributed by atoms with Crippen LogP contribution in [-0.2, 0) is 19.2 Å². The second kappa shape index (κ2) is 36.7. The van der Waals surface area contributed by atoms with Gasteiger partial charge in [-0.2, -0.15) is 0 Å². The second-order valence-corrected chi connectivity index (χ2v) is 22.8. The fraction of sp³-hybridized carbons (Fsp3) is 0.927. The van der Waals surface area contributed by atoms with Gasteiger partial charge in [-0.25, -0.2) is 0 Å². The fourth-order valence-electron chi connectivity index (χ4n) is 9.84. The third-order valence-electron chi connectivity index (χ3n) is 14.8. The summed E-state index contributed by atoms with van der Waals surface area (Å²) in [6, 6.07) is 0. The maximum atomic E-state index is 14.6. The molecule has 0 spiro atoms. The molecule has 0 aliphatic rings. The van der Waals surface area contributed by atoms with Gasteiger partial charge in [0, 0.05) is 56.7 Å². The summed E-state index contributed by atoms with van der Waals surface area (Å²) in [5, 5.41) is 19.2. The van der Waals surface area contributed by atoms with Crippen LogP contribution in [0.15, 0.2) is 0 Å². The number of rotatable bonds is 44. The molecule has 6 atom stereocenters. The van der Waals surface area contributed by atoms with Gasteiger partial charge in [0.2, 0.25) is 17.7 Å². The van der Waals surface area contributed by atoms with Crippen molar-refractivity contribution in [3.8, 4) is 0 Å². The van der Waals surface area contributed by atoms with Crippen molar-refractivity contribution in [2.75, 3.05) is 101 Å². The Balaban J connectivity index is 6.44.